The summed E-state index contributed by atoms with van der Waals surface area (Å²) in [5.74, 6) is 0.520. The summed E-state index contributed by atoms with van der Waals surface area (Å²) in [6.45, 7) is 0.601. The van der Waals surface area contributed by atoms with E-state index in [1.165, 1.54) is 12.1 Å². The zero-order valence-corrected chi connectivity index (χ0v) is 12.8. The number of halogens is 1. The standard InChI is InChI=1S/C14H19ClN2O2S/c15-12-9-11(16)6-7-14(12)20(18,19)17-8-2-4-10-3-1-5-13(10)17/h6-7,9-10,13H,1-5,8,16H2. The Balaban J connectivity index is 1.98. The molecule has 1 saturated carbocycles. The summed E-state index contributed by atoms with van der Waals surface area (Å²) >= 11 is 6.09. The van der Waals surface area contributed by atoms with E-state index in [0.29, 0.717) is 18.2 Å². The molecule has 6 heteroatoms. The molecule has 20 heavy (non-hydrogen) atoms. The van der Waals surface area contributed by atoms with E-state index >= 15 is 0 Å². The number of nitrogens with two attached hydrogens (primary N) is 1. The van der Waals surface area contributed by atoms with E-state index in [0.717, 1.165) is 32.1 Å². The molecule has 1 aromatic carbocycles. The molecule has 4 nitrogen and oxygen atoms in total. The summed E-state index contributed by atoms with van der Waals surface area (Å²) in [5.41, 5.74) is 6.12. The Kier molecular flexibility index (Phi) is 3.69. The normalized spacial score (nSPS) is 27.4. The lowest BCUT2D eigenvalue weighted by atomic mass is 9.94. The number of hydrogen-bond donors (Lipinski definition) is 1. The molecular formula is C14H19ClN2O2S. The first-order chi connectivity index (χ1) is 9.50. The molecule has 0 aromatic heterocycles. The molecule has 0 radical (unpaired) electrons. The fourth-order valence-corrected chi connectivity index (χ4v) is 5.84. The molecule has 1 aliphatic heterocycles. The van der Waals surface area contributed by atoms with Crippen LogP contribution in [0.4, 0.5) is 5.69 Å². The number of benzene rings is 1. The maximum Gasteiger partial charge on any atom is 0.244 e. The van der Waals surface area contributed by atoms with Gasteiger partial charge in [0.05, 0.1) is 5.02 Å². The van der Waals surface area contributed by atoms with Gasteiger partial charge in [0.1, 0.15) is 4.90 Å². The van der Waals surface area contributed by atoms with Gasteiger partial charge in [-0.1, -0.05) is 18.0 Å². The molecule has 3 rings (SSSR count). The Morgan fingerprint density at radius 2 is 1.95 bits per heavy atom. The first-order valence-corrected chi connectivity index (χ1v) is 8.89. The average Bonchev–Trinajstić information content (AvgIpc) is 2.85. The summed E-state index contributed by atoms with van der Waals surface area (Å²) in [4.78, 5) is 0.181. The van der Waals surface area contributed by atoms with Crippen LogP contribution in [0, 0.1) is 5.92 Å². The molecule has 2 unspecified atom stereocenters. The molecule has 2 atom stereocenters. The minimum atomic E-state index is -3.52. The second kappa shape index (κ2) is 5.20. The maximum atomic E-state index is 12.9. The van der Waals surface area contributed by atoms with Crippen molar-refractivity contribution in [1.82, 2.24) is 4.31 Å². The van der Waals surface area contributed by atoms with Crippen molar-refractivity contribution >= 4 is 27.3 Å². The lowest BCUT2D eigenvalue weighted by Crippen LogP contribution is -2.46. The van der Waals surface area contributed by atoms with Gasteiger partial charge in [-0.25, -0.2) is 8.42 Å². The molecule has 2 N–H and O–H groups in total. The minimum Gasteiger partial charge on any atom is -0.399 e. The van der Waals surface area contributed by atoms with E-state index < -0.39 is 10.0 Å². The lowest BCUT2D eigenvalue weighted by Gasteiger charge is -2.36. The van der Waals surface area contributed by atoms with Gasteiger partial charge >= 0.3 is 0 Å². The smallest absolute Gasteiger partial charge is 0.244 e. The molecule has 110 valence electrons. The molecule has 0 bridgehead atoms. The first-order valence-electron chi connectivity index (χ1n) is 7.07. The van der Waals surface area contributed by atoms with Crippen LogP contribution >= 0.6 is 11.6 Å². The SMILES string of the molecule is Nc1ccc(S(=O)(=O)N2CCCC3CCCC32)c(Cl)c1. The third kappa shape index (κ3) is 2.32. The Bertz CT molecular complexity index is 618. The second-order valence-electron chi connectivity index (χ2n) is 5.71. The van der Waals surface area contributed by atoms with Crippen LogP contribution in [0.5, 0.6) is 0 Å². The highest BCUT2D eigenvalue weighted by Gasteiger charge is 2.41. The van der Waals surface area contributed by atoms with Crippen LogP contribution in [0.25, 0.3) is 0 Å². The molecular weight excluding hydrogens is 296 g/mol. The minimum absolute atomic E-state index is 0.155. The second-order valence-corrected chi connectivity index (χ2v) is 7.97. The van der Waals surface area contributed by atoms with E-state index in [2.05, 4.69) is 0 Å². The Morgan fingerprint density at radius 3 is 2.70 bits per heavy atom. The molecule has 1 saturated heterocycles. The van der Waals surface area contributed by atoms with Crippen LogP contribution in [0.2, 0.25) is 5.02 Å². The number of nitrogens with zero attached hydrogens (tertiary/aromatic N) is 1. The lowest BCUT2D eigenvalue weighted by molar-refractivity contribution is 0.202. The summed E-state index contributed by atoms with van der Waals surface area (Å²) in [6.07, 6.45) is 5.32. The van der Waals surface area contributed by atoms with Crippen molar-refractivity contribution in [3.8, 4) is 0 Å². The van der Waals surface area contributed by atoms with Gasteiger partial charge in [0.2, 0.25) is 10.0 Å². The van der Waals surface area contributed by atoms with Gasteiger partial charge in [0, 0.05) is 18.3 Å². The molecule has 1 heterocycles. The van der Waals surface area contributed by atoms with Crippen molar-refractivity contribution < 1.29 is 8.42 Å². The topological polar surface area (TPSA) is 63.4 Å². The van der Waals surface area contributed by atoms with Crippen LogP contribution in [-0.4, -0.2) is 25.3 Å². The van der Waals surface area contributed by atoms with Crippen molar-refractivity contribution in [3.05, 3.63) is 23.2 Å². The van der Waals surface area contributed by atoms with Crippen molar-refractivity contribution in [2.24, 2.45) is 5.92 Å². The van der Waals surface area contributed by atoms with E-state index in [1.807, 2.05) is 0 Å². The van der Waals surface area contributed by atoms with Gasteiger partial charge in [0.15, 0.2) is 0 Å². The van der Waals surface area contributed by atoms with Gasteiger partial charge < -0.3 is 5.73 Å². The highest BCUT2D eigenvalue weighted by molar-refractivity contribution is 7.89. The zero-order valence-electron chi connectivity index (χ0n) is 11.3. The molecule has 1 aromatic rings. The first kappa shape index (κ1) is 14.2. The number of fused-ring (bicyclic) bond motifs is 1. The van der Waals surface area contributed by atoms with Gasteiger partial charge in [-0.05, 0) is 49.8 Å². The molecule has 1 aliphatic carbocycles. The molecule has 2 fully saturated rings. The number of anilines is 1. The number of nitrogen functional groups attached to an aromatic ring is 1. The highest BCUT2D eigenvalue weighted by Crippen LogP contribution is 2.40. The van der Waals surface area contributed by atoms with Crippen molar-refractivity contribution in [3.63, 3.8) is 0 Å². The molecule has 2 aliphatic rings. The van der Waals surface area contributed by atoms with Crippen LogP contribution in [0.15, 0.2) is 23.1 Å². The highest BCUT2D eigenvalue weighted by atomic mass is 35.5. The fourth-order valence-electron chi connectivity index (χ4n) is 3.56. The third-order valence-electron chi connectivity index (χ3n) is 4.48. The summed E-state index contributed by atoms with van der Waals surface area (Å²) in [5, 5.41) is 0.213. The van der Waals surface area contributed by atoms with Crippen molar-refractivity contribution in [1.29, 1.82) is 0 Å². The quantitative estimate of drug-likeness (QED) is 0.854. The van der Waals surface area contributed by atoms with Crippen LogP contribution < -0.4 is 5.73 Å². The third-order valence-corrected chi connectivity index (χ3v) is 6.89. The van der Waals surface area contributed by atoms with Gasteiger partial charge in [-0.15, -0.1) is 0 Å². The summed E-state index contributed by atoms with van der Waals surface area (Å²) < 4.78 is 27.4. The maximum absolute atomic E-state index is 12.9. The van der Waals surface area contributed by atoms with Crippen LogP contribution in [0.1, 0.15) is 32.1 Å². The van der Waals surface area contributed by atoms with Crippen molar-refractivity contribution in [2.75, 3.05) is 12.3 Å². The van der Waals surface area contributed by atoms with E-state index in [-0.39, 0.29) is 16.0 Å². The largest absolute Gasteiger partial charge is 0.399 e. The number of piperidine rings is 1. The summed E-state index contributed by atoms with van der Waals surface area (Å²) in [6, 6.07) is 4.77. The Morgan fingerprint density at radius 1 is 1.20 bits per heavy atom. The summed E-state index contributed by atoms with van der Waals surface area (Å²) in [7, 11) is -3.52. The Hall–Kier alpha value is -0.780. The predicted molar refractivity (Wildman–Crippen MR) is 80.1 cm³/mol. The van der Waals surface area contributed by atoms with E-state index in [9.17, 15) is 8.42 Å². The fraction of sp³-hybridized carbons (Fsp3) is 0.571. The van der Waals surface area contributed by atoms with Gasteiger partial charge in [-0.3, -0.25) is 0 Å². The molecule has 0 spiro atoms. The zero-order chi connectivity index (χ0) is 14.3. The van der Waals surface area contributed by atoms with E-state index in [1.54, 1.807) is 10.4 Å². The molecule has 0 amide bonds. The Labute approximate surface area is 125 Å². The monoisotopic (exact) mass is 314 g/mol. The number of rotatable bonds is 2. The van der Waals surface area contributed by atoms with Crippen LogP contribution in [-0.2, 0) is 10.0 Å². The average molecular weight is 315 g/mol. The number of hydrogen-bond acceptors (Lipinski definition) is 3. The van der Waals surface area contributed by atoms with Crippen LogP contribution in [0.3, 0.4) is 0 Å². The predicted octanol–water partition coefficient (Wildman–Crippen LogP) is 2.88. The number of sulfonamides is 1. The van der Waals surface area contributed by atoms with Gasteiger partial charge in [-0.2, -0.15) is 4.31 Å². The van der Waals surface area contributed by atoms with E-state index in [4.69, 9.17) is 17.3 Å². The van der Waals surface area contributed by atoms with Crippen molar-refractivity contribution in [2.45, 2.75) is 43.0 Å². The van der Waals surface area contributed by atoms with Gasteiger partial charge in [0.25, 0.3) is 0 Å².